The molecule has 4 N–H and O–H groups in total. The molecule has 1 saturated carbocycles. The van der Waals surface area contributed by atoms with Gasteiger partial charge in [0, 0.05) is 18.7 Å². The van der Waals surface area contributed by atoms with Gasteiger partial charge >= 0.3 is 5.97 Å². The third kappa shape index (κ3) is 2.25. The molecule has 0 bridgehead atoms. The van der Waals surface area contributed by atoms with Gasteiger partial charge in [-0.25, -0.2) is 4.79 Å². The Morgan fingerprint density at radius 2 is 1.86 bits per heavy atom. The molecule has 1 saturated heterocycles. The van der Waals surface area contributed by atoms with Gasteiger partial charge in [-0.15, -0.1) is 0 Å². The number of carbonyl (C=O) groups is 2. The van der Waals surface area contributed by atoms with E-state index in [-0.39, 0.29) is 12.5 Å². The van der Waals surface area contributed by atoms with Crippen LogP contribution in [0.4, 0.5) is 5.69 Å². The highest BCUT2D eigenvalue weighted by atomic mass is 16.5. The molecule has 1 heterocycles. The first kappa shape index (κ1) is 13.9. The predicted molar refractivity (Wildman–Crippen MR) is 75.7 cm³/mol. The molecule has 1 atom stereocenters. The van der Waals surface area contributed by atoms with Gasteiger partial charge in [0.1, 0.15) is 0 Å². The maximum atomic E-state index is 12.6. The van der Waals surface area contributed by atoms with Gasteiger partial charge in [-0.3, -0.25) is 4.79 Å². The van der Waals surface area contributed by atoms with E-state index < -0.39 is 16.9 Å². The van der Waals surface area contributed by atoms with Crippen LogP contribution >= 0.6 is 0 Å². The first-order valence-corrected chi connectivity index (χ1v) is 6.98. The largest absolute Gasteiger partial charge is 0.479 e. The van der Waals surface area contributed by atoms with Crippen LogP contribution in [-0.4, -0.2) is 35.7 Å². The summed E-state index contributed by atoms with van der Waals surface area (Å²) in [6, 6.07) is 7.18. The van der Waals surface area contributed by atoms with E-state index in [2.05, 4.69) is 5.32 Å². The molecular formula is C15H18N2O4. The highest BCUT2D eigenvalue weighted by molar-refractivity contribution is 5.95. The van der Waals surface area contributed by atoms with Crippen LogP contribution in [0.1, 0.15) is 24.8 Å². The zero-order valence-corrected chi connectivity index (χ0v) is 11.6. The molecule has 1 aromatic rings. The minimum absolute atomic E-state index is 0.0197. The van der Waals surface area contributed by atoms with E-state index >= 15 is 0 Å². The molecule has 2 fully saturated rings. The summed E-state index contributed by atoms with van der Waals surface area (Å²) in [5.41, 5.74) is 5.28. The fraction of sp³-hybridized carbons (Fsp3) is 0.467. The summed E-state index contributed by atoms with van der Waals surface area (Å²) >= 11 is 0. The SMILES string of the molecule is Nc1ccc(C2(C(=O)NC3(C(=O)O)CCOC3)CC2)cc1. The molecule has 6 heteroatoms. The highest BCUT2D eigenvalue weighted by Crippen LogP contribution is 2.49. The number of ether oxygens (including phenoxy) is 1. The molecule has 6 nitrogen and oxygen atoms in total. The maximum absolute atomic E-state index is 12.6. The number of carboxylic acid groups (broad SMARTS) is 1. The lowest BCUT2D eigenvalue weighted by Gasteiger charge is -2.27. The van der Waals surface area contributed by atoms with Crippen molar-refractivity contribution in [3.63, 3.8) is 0 Å². The number of hydrogen-bond donors (Lipinski definition) is 3. The van der Waals surface area contributed by atoms with Gasteiger partial charge < -0.3 is 20.9 Å². The van der Waals surface area contributed by atoms with Crippen LogP contribution in [-0.2, 0) is 19.7 Å². The number of carbonyl (C=O) groups excluding carboxylic acids is 1. The Kier molecular flexibility index (Phi) is 3.13. The fourth-order valence-corrected chi connectivity index (χ4v) is 2.80. The van der Waals surface area contributed by atoms with Crippen LogP contribution in [0.25, 0.3) is 0 Å². The second kappa shape index (κ2) is 4.73. The van der Waals surface area contributed by atoms with Crippen LogP contribution in [0, 0.1) is 0 Å². The summed E-state index contributed by atoms with van der Waals surface area (Å²) in [7, 11) is 0. The average molecular weight is 290 g/mol. The summed E-state index contributed by atoms with van der Waals surface area (Å²) < 4.78 is 5.17. The molecule has 0 spiro atoms. The molecule has 112 valence electrons. The van der Waals surface area contributed by atoms with Crippen LogP contribution in [0.2, 0.25) is 0 Å². The second-order valence-corrected chi connectivity index (χ2v) is 5.85. The van der Waals surface area contributed by atoms with Crippen molar-refractivity contribution in [2.45, 2.75) is 30.2 Å². The number of nitrogen functional groups attached to an aromatic ring is 1. The van der Waals surface area contributed by atoms with Gasteiger partial charge in [0.05, 0.1) is 12.0 Å². The molecule has 1 aliphatic carbocycles. The van der Waals surface area contributed by atoms with E-state index in [0.717, 1.165) is 18.4 Å². The zero-order chi connectivity index (χ0) is 15.1. The van der Waals surface area contributed by atoms with Gasteiger partial charge in [-0.1, -0.05) is 12.1 Å². The van der Waals surface area contributed by atoms with E-state index in [1.807, 2.05) is 12.1 Å². The van der Waals surface area contributed by atoms with Gasteiger partial charge in [-0.2, -0.15) is 0 Å². The number of amides is 1. The maximum Gasteiger partial charge on any atom is 0.331 e. The van der Waals surface area contributed by atoms with Crippen molar-refractivity contribution in [1.29, 1.82) is 0 Å². The third-order valence-electron chi connectivity index (χ3n) is 4.43. The summed E-state index contributed by atoms with van der Waals surface area (Å²) in [4.78, 5) is 24.1. The standard InChI is InChI=1S/C15H18N2O4/c16-11-3-1-10(2-4-11)14(5-6-14)12(18)17-15(13(19)20)7-8-21-9-15/h1-4H,5-9,16H2,(H,17,18)(H,19,20). The molecule has 1 aromatic carbocycles. The summed E-state index contributed by atoms with van der Waals surface area (Å²) in [6.45, 7) is 0.368. The average Bonchev–Trinajstić information content (AvgIpc) is 3.13. The first-order chi connectivity index (χ1) is 9.98. The Balaban J connectivity index is 1.82. The summed E-state index contributed by atoms with van der Waals surface area (Å²) in [5, 5.41) is 12.1. The molecule has 1 aliphatic heterocycles. The Bertz CT molecular complexity index is 572. The fourth-order valence-electron chi connectivity index (χ4n) is 2.80. The van der Waals surface area contributed by atoms with Crippen molar-refractivity contribution >= 4 is 17.6 Å². The Morgan fingerprint density at radius 3 is 2.33 bits per heavy atom. The number of carboxylic acids is 1. The van der Waals surface area contributed by atoms with Gasteiger partial charge in [0.15, 0.2) is 5.54 Å². The number of nitrogens with two attached hydrogens (primary N) is 1. The molecule has 1 amide bonds. The van der Waals surface area contributed by atoms with Crippen molar-refractivity contribution < 1.29 is 19.4 Å². The van der Waals surface area contributed by atoms with E-state index in [4.69, 9.17) is 10.5 Å². The lowest BCUT2D eigenvalue weighted by molar-refractivity contribution is -0.148. The quantitative estimate of drug-likeness (QED) is 0.707. The van der Waals surface area contributed by atoms with Crippen LogP contribution in [0.3, 0.4) is 0 Å². The zero-order valence-electron chi connectivity index (χ0n) is 11.6. The van der Waals surface area contributed by atoms with Gasteiger partial charge in [-0.05, 0) is 30.5 Å². The van der Waals surface area contributed by atoms with Crippen LogP contribution < -0.4 is 11.1 Å². The number of aliphatic carboxylic acids is 1. The Morgan fingerprint density at radius 1 is 1.19 bits per heavy atom. The Labute approximate surface area is 122 Å². The molecule has 0 aromatic heterocycles. The van der Waals surface area contributed by atoms with E-state index in [9.17, 15) is 14.7 Å². The molecule has 2 aliphatic rings. The van der Waals surface area contributed by atoms with E-state index in [1.165, 1.54) is 0 Å². The van der Waals surface area contributed by atoms with Crippen molar-refractivity contribution in [2.24, 2.45) is 0 Å². The van der Waals surface area contributed by atoms with Crippen LogP contribution in [0.15, 0.2) is 24.3 Å². The molecular weight excluding hydrogens is 272 g/mol. The van der Waals surface area contributed by atoms with E-state index in [1.54, 1.807) is 12.1 Å². The highest BCUT2D eigenvalue weighted by Gasteiger charge is 2.55. The molecule has 21 heavy (non-hydrogen) atoms. The molecule has 1 unspecified atom stereocenters. The molecule has 0 radical (unpaired) electrons. The summed E-state index contributed by atoms with van der Waals surface area (Å²) in [6.07, 6.45) is 1.74. The monoisotopic (exact) mass is 290 g/mol. The Hall–Kier alpha value is -2.08. The van der Waals surface area contributed by atoms with Crippen molar-refractivity contribution in [2.75, 3.05) is 18.9 Å². The topological polar surface area (TPSA) is 102 Å². The van der Waals surface area contributed by atoms with Crippen molar-refractivity contribution in [1.82, 2.24) is 5.32 Å². The second-order valence-electron chi connectivity index (χ2n) is 5.85. The number of anilines is 1. The smallest absolute Gasteiger partial charge is 0.331 e. The van der Waals surface area contributed by atoms with Gasteiger partial charge in [0.25, 0.3) is 0 Å². The van der Waals surface area contributed by atoms with E-state index in [0.29, 0.717) is 18.7 Å². The summed E-state index contributed by atoms with van der Waals surface area (Å²) in [5.74, 6) is -1.28. The first-order valence-electron chi connectivity index (χ1n) is 6.98. The van der Waals surface area contributed by atoms with Crippen molar-refractivity contribution in [3.8, 4) is 0 Å². The number of nitrogens with one attached hydrogen (secondary N) is 1. The minimum atomic E-state index is -1.29. The lowest BCUT2D eigenvalue weighted by Crippen LogP contribution is -2.57. The van der Waals surface area contributed by atoms with Gasteiger partial charge in [0.2, 0.25) is 5.91 Å². The number of rotatable bonds is 4. The number of benzene rings is 1. The predicted octanol–water partition coefficient (Wildman–Crippen LogP) is 0.660. The third-order valence-corrected chi connectivity index (χ3v) is 4.43. The van der Waals surface area contributed by atoms with Crippen molar-refractivity contribution in [3.05, 3.63) is 29.8 Å². The normalized spacial score (nSPS) is 26.3. The van der Waals surface area contributed by atoms with Crippen LogP contribution in [0.5, 0.6) is 0 Å². The lowest BCUT2D eigenvalue weighted by atomic mass is 9.91. The molecule has 3 rings (SSSR count). The number of hydrogen-bond acceptors (Lipinski definition) is 4. The minimum Gasteiger partial charge on any atom is -0.479 e.